The van der Waals surface area contributed by atoms with Gasteiger partial charge in [-0.2, -0.15) is 0 Å². The first-order chi connectivity index (χ1) is 9.95. The number of hydrogen-bond acceptors (Lipinski definition) is 0. The topological polar surface area (TPSA) is 0 Å². The van der Waals surface area contributed by atoms with E-state index in [1.807, 2.05) is 0 Å². The Balaban J connectivity index is 1.68. The van der Waals surface area contributed by atoms with Crippen LogP contribution in [0.3, 0.4) is 0 Å². The first-order valence-corrected chi connectivity index (χ1v) is 9.46. The fourth-order valence-electron chi connectivity index (χ4n) is 6.13. The summed E-state index contributed by atoms with van der Waals surface area (Å²) in [6.45, 7) is 4.95. The summed E-state index contributed by atoms with van der Waals surface area (Å²) in [4.78, 5) is 0. The normalized spacial score (nSPS) is 52.4. The summed E-state index contributed by atoms with van der Waals surface area (Å²) in [7, 11) is 0. The van der Waals surface area contributed by atoms with Gasteiger partial charge in [-0.25, -0.2) is 0 Å². The first-order valence-electron chi connectivity index (χ1n) is 8.65. The van der Waals surface area contributed by atoms with Crippen molar-refractivity contribution in [3.8, 4) is 0 Å². The van der Waals surface area contributed by atoms with E-state index in [2.05, 4.69) is 26.0 Å². The summed E-state index contributed by atoms with van der Waals surface area (Å²) in [5.41, 5.74) is 2.37. The molecule has 0 nitrogen and oxygen atoms in total. The molecule has 21 heavy (non-hydrogen) atoms. The van der Waals surface area contributed by atoms with Crippen molar-refractivity contribution in [3.63, 3.8) is 0 Å². The second kappa shape index (κ2) is 4.78. The lowest BCUT2D eigenvalue weighted by Crippen LogP contribution is -2.49. The monoisotopic (exact) mass is 324 g/mol. The number of halogens is 2. The largest absolute Gasteiger partial charge is 0.123 e. The summed E-state index contributed by atoms with van der Waals surface area (Å²) in [5.74, 6) is 2.46. The SMILES string of the molecule is CC12CCC3C(CC=C4CC(Cl)CCC43C)C1CC=C2Cl. The molecule has 0 aromatic heterocycles. The van der Waals surface area contributed by atoms with E-state index in [0.29, 0.717) is 10.8 Å². The molecule has 6 unspecified atom stereocenters. The molecule has 0 radical (unpaired) electrons. The molecule has 4 rings (SSSR count). The number of fused-ring (bicyclic) bond motifs is 5. The number of hydrogen-bond donors (Lipinski definition) is 0. The highest BCUT2D eigenvalue weighted by Gasteiger charge is 2.56. The Morgan fingerprint density at radius 3 is 2.57 bits per heavy atom. The van der Waals surface area contributed by atoms with E-state index in [-0.39, 0.29) is 5.41 Å². The molecule has 0 saturated heterocycles. The standard InChI is InChI=1S/C19H26Cl2/c1-18-9-7-13(20)11-12(18)3-4-14-15-5-6-17(21)19(15,2)10-8-16(14)18/h3,6,13-16H,4-5,7-11H2,1-2H3. The smallest absolute Gasteiger partial charge is 0.0373 e. The molecule has 0 heterocycles. The van der Waals surface area contributed by atoms with Gasteiger partial charge in [-0.3, -0.25) is 0 Å². The molecule has 0 spiro atoms. The summed E-state index contributed by atoms with van der Waals surface area (Å²) >= 11 is 13.0. The number of alkyl halides is 1. The second-order valence-electron chi connectivity index (χ2n) is 8.34. The van der Waals surface area contributed by atoms with Crippen molar-refractivity contribution in [1.82, 2.24) is 0 Å². The summed E-state index contributed by atoms with van der Waals surface area (Å²) in [6, 6.07) is 0. The lowest BCUT2D eigenvalue weighted by Gasteiger charge is -2.57. The Labute approximate surface area is 139 Å². The Bertz CT molecular complexity index is 520. The van der Waals surface area contributed by atoms with E-state index in [0.717, 1.165) is 29.2 Å². The number of rotatable bonds is 0. The molecule has 116 valence electrons. The van der Waals surface area contributed by atoms with Gasteiger partial charge in [0.05, 0.1) is 0 Å². The Kier molecular flexibility index (Phi) is 3.33. The first kappa shape index (κ1) is 14.6. The number of allylic oxidation sites excluding steroid dienone is 4. The maximum atomic E-state index is 6.58. The zero-order valence-electron chi connectivity index (χ0n) is 13.2. The van der Waals surface area contributed by atoms with Crippen molar-refractivity contribution >= 4 is 23.2 Å². The maximum Gasteiger partial charge on any atom is 0.0373 e. The molecular formula is C19H26Cl2. The van der Waals surface area contributed by atoms with Crippen LogP contribution in [0, 0.1) is 28.6 Å². The van der Waals surface area contributed by atoms with Crippen LogP contribution in [0.25, 0.3) is 0 Å². The minimum absolute atomic E-state index is 0.272. The molecule has 4 aliphatic rings. The van der Waals surface area contributed by atoms with Crippen molar-refractivity contribution < 1.29 is 0 Å². The third kappa shape index (κ3) is 1.94. The van der Waals surface area contributed by atoms with Gasteiger partial charge < -0.3 is 0 Å². The Morgan fingerprint density at radius 2 is 1.76 bits per heavy atom. The molecule has 0 N–H and O–H groups in total. The van der Waals surface area contributed by atoms with Gasteiger partial charge in [-0.1, -0.05) is 43.2 Å². The van der Waals surface area contributed by atoms with Crippen LogP contribution in [0.4, 0.5) is 0 Å². The Hall–Kier alpha value is 0.0600. The van der Waals surface area contributed by atoms with Gasteiger partial charge in [0.2, 0.25) is 0 Å². The molecule has 0 aromatic rings. The van der Waals surface area contributed by atoms with Crippen molar-refractivity contribution in [1.29, 1.82) is 0 Å². The van der Waals surface area contributed by atoms with Crippen molar-refractivity contribution in [3.05, 3.63) is 22.8 Å². The lowest BCUT2D eigenvalue weighted by molar-refractivity contribution is -0.0141. The minimum Gasteiger partial charge on any atom is -0.123 e. The van der Waals surface area contributed by atoms with E-state index in [4.69, 9.17) is 23.2 Å². The average molecular weight is 325 g/mol. The van der Waals surface area contributed by atoms with Crippen molar-refractivity contribution in [2.45, 2.75) is 64.2 Å². The molecule has 0 aliphatic heterocycles. The molecular weight excluding hydrogens is 299 g/mol. The van der Waals surface area contributed by atoms with E-state index < -0.39 is 0 Å². The summed E-state index contributed by atoms with van der Waals surface area (Å²) in [5, 5.41) is 1.52. The van der Waals surface area contributed by atoms with Crippen LogP contribution < -0.4 is 0 Å². The summed E-state index contributed by atoms with van der Waals surface area (Å²) in [6.07, 6.45) is 13.6. The Morgan fingerprint density at radius 1 is 1.00 bits per heavy atom. The lowest BCUT2D eigenvalue weighted by atomic mass is 9.48. The minimum atomic E-state index is 0.272. The fraction of sp³-hybridized carbons (Fsp3) is 0.789. The quantitative estimate of drug-likeness (QED) is 0.363. The van der Waals surface area contributed by atoms with Crippen molar-refractivity contribution in [2.24, 2.45) is 28.6 Å². The van der Waals surface area contributed by atoms with Crippen molar-refractivity contribution in [2.75, 3.05) is 0 Å². The van der Waals surface area contributed by atoms with E-state index >= 15 is 0 Å². The predicted molar refractivity (Wildman–Crippen MR) is 90.7 cm³/mol. The van der Waals surface area contributed by atoms with Gasteiger partial charge in [0.1, 0.15) is 0 Å². The highest BCUT2D eigenvalue weighted by molar-refractivity contribution is 6.30. The maximum absolute atomic E-state index is 6.58. The van der Waals surface area contributed by atoms with E-state index in [9.17, 15) is 0 Å². The van der Waals surface area contributed by atoms with Crippen LogP contribution in [0.2, 0.25) is 0 Å². The molecule has 0 aromatic carbocycles. The third-order valence-corrected chi connectivity index (χ3v) is 8.49. The highest BCUT2D eigenvalue weighted by atomic mass is 35.5. The zero-order valence-corrected chi connectivity index (χ0v) is 14.7. The molecule has 2 fully saturated rings. The molecule has 2 heteroatoms. The van der Waals surface area contributed by atoms with Crippen LogP contribution in [0.1, 0.15) is 58.8 Å². The van der Waals surface area contributed by atoms with Crippen LogP contribution in [-0.4, -0.2) is 5.38 Å². The van der Waals surface area contributed by atoms with E-state index in [1.165, 1.54) is 38.5 Å². The molecule has 6 atom stereocenters. The van der Waals surface area contributed by atoms with Crippen LogP contribution in [-0.2, 0) is 0 Å². The van der Waals surface area contributed by atoms with Crippen LogP contribution >= 0.6 is 23.2 Å². The second-order valence-corrected chi connectivity index (χ2v) is 9.37. The summed E-state index contributed by atoms with van der Waals surface area (Å²) < 4.78 is 0. The van der Waals surface area contributed by atoms with Crippen LogP contribution in [0.15, 0.2) is 22.8 Å². The fourth-order valence-corrected chi connectivity index (χ4v) is 6.73. The van der Waals surface area contributed by atoms with Crippen LogP contribution in [0.5, 0.6) is 0 Å². The molecule has 4 aliphatic carbocycles. The highest BCUT2D eigenvalue weighted by Crippen LogP contribution is 2.65. The van der Waals surface area contributed by atoms with Gasteiger partial charge in [0, 0.05) is 15.8 Å². The molecule has 2 saturated carbocycles. The van der Waals surface area contributed by atoms with Gasteiger partial charge in [0.15, 0.2) is 0 Å². The van der Waals surface area contributed by atoms with Gasteiger partial charge in [-0.05, 0) is 68.1 Å². The van der Waals surface area contributed by atoms with Gasteiger partial charge in [-0.15, -0.1) is 11.6 Å². The average Bonchev–Trinajstić information content (AvgIpc) is 2.76. The third-order valence-electron chi connectivity index (χ3n) is 7.53. The zero-order chi connectivity index (χ0) is 14.8. The molecule has 0 amide bonds. The van der Waals surface area contributed by atoms with E-state index in [1.54, 1.807) is 5.57 Å². The predicted octanol–water partition coefficient (Wildman–Crippen LogP) is 6.29. The van der Waals surface area contributed by atoms with Gasteiger partial charge >= 0.3 is 0 Å². The molecule has 0 bridgehead atoms. The van der Waals surface area contributed by atoms with Gasteiger partial charge in [0.25, 0.3) is 0 Å².